The third-order valence-corrected chi connectivity index (χ3v) is 2.59. The Morgan fingerprint density at radius 3 is 2.30 bits per heavy atom. The summed E-state index contributed by atoms with van der Waals surface area (Å²) in [6.07, 6.45) is 0. The summed E-state index contributed by atoms with van der Waals surface area (Å²) in [6, 6.07) is 0. The first-order valence-corrected chi connectivity index (χ1v) is 3.40. The van der Waals surface area contributed by atoms with E-state index in [0.717, 1.165) is 0 Å². The van der Waals surface area contributed by atoms with Gasteiger partial charge in [-0.25, -0.2) is 0 Å². The fourth-order valence-electron chi connectivity index (χ4n) is 1.27. The van der Waals surface area contributed by atoms with E-state index in [1.807, 2.05) is 25.8 Å². The Kier molecular flexibility index (Phi) is 1.47. The molecule has 0 aromatic heterocycles. The SMILES string of the molecule is CN1C[C@H](C(=O)O)C1(C)C. The third kappa shape index (κ3) is 0.814. The quantitative estimate of drug-likeness (QED) is 0.578. The zero-order chi connectivity index (χ0) is 7.94. The van der Waals surface area contributed by atoms with E-state index in [9.17, 15) is 4.79 Å². The van der Waals surface area contributed by atoms with Gasteiger partial charge in [-0.05, 0) is 20.9 Å². The van der Waals surface area contributed by atoms with Crippen molar-refractivity contribution in [3.05, 3.63) is 0 Å². The van der Waals surface area contributed by atoms with Gasteiger partial charge in [-0.2, -0.15) is 0 Å². The number of rotatable bonds is 1. The molecule has 1 rings (SSSR count). The number of hydrogen-bond donors (Lipinski definition) is 1. The summed E-state index contributed by atoms with van der Waals surface area (Å²) in [5, 5.41) is 8.66. The molecule has 10 heavy (non-hydrogen) atoms. The lowest BCUT2D eigenvalue weighted by atomic mass is 9.77. The van der Waals surface area contributed by atoms with Crippen molar-refractivity contribution >= 4 is 5.97 Å². The number of carbonyl (C=O) groups is 1. The van der Waals surface area contributed by atoms with Crippen LogP contribution in [0.3, 0.4) is 0 Å². The first kappa shape index (κ1) is 7.54. The van der Waals surface area contributed by atoms with Crippen molar-refractivity contribution in [1.82, 2.24) is 4.90 Å². The smallest absolute Gasteiger partial charge is 0.309 e. The number of carboxylic acid groups (broad SMARTS) is 1. The van der Waals surface area contributed by atoms with Crippen LogP contribution in [0, 0.1) is 5.92 Å². The van der Waals surface area contributed by atoms with Crippen LogP contribution < -0.4 is 0 Å². The van der Waals surface area contributed by atoms with Gasteiger partial charge in [-0.1, -0.05) is 0 Å². The maximum Gasteiger partial charge on any atom is 0.309 e. The Morgan fingerprint density at radius 1 is 1.70 bits per heavy atom. The van der Waals surface area contributed by atoms with Crippen LogP contribution in [0.25, 0.3) is 0 Å². The van der Waals surface area contributed by atoms with E-state index < -0.39 is 5.97 Å². The van der Waals surface area contributed by atoms with Crippen molar-refractivity contribution < 1.29 is 9.90 Å². The van der Waals surface area contributed by atoms with Gasteiger partial charge < -0.3 is 5.11 Å². The molecule has 1 N–H and O–H groups in total. The van der Waals surface area contributed by atoms with E-state index in [2.05, 4.69) is 0 Å². The second-order valence-corrected chi connectivity index (χ2v) is 3.43. The van der Waals surface area contributed by atoms with E-state index in [-0.39, 0.29) is 11.5 Å². The van der Waals surface area contributed by atoms with Crippen molar-refractivity contribution in [1.29, 1.82) is 0 Å². The minimum Gasteiger partial charge on any atom is -0.481 e. The van der Waals surface area contributed by atoms with E-state index in [1.165, 1.54) is 0 Å². The van der Waals surface area contributed by atoms with Crippen LogP contribution in [0.5, 0.6) is 0 Å². The first-order valence-electron chi connectivity index (χ1n) is 3.40. The van der Waals surface area contributed by atoms with Gasteiger partial charge in [0.2, 0.25) is 0 Å². The second kappa shape index (κ2) is 1.95. The van der Waals surface area contributed by atoms with Crippen LogP contribution >= 0.6 is 0 Å². The molecule has 0 aromatic rings. The van der Waals surface area contributed by atoms with Crippen LogP contribution in [0.2, 0.25) is 0 Å². The molecule has 1 aliphatic rings. The van der Waals surface area contributed by atoms with Crippen LogP contribution in [0.15, 0.2) is 0 Å². The van der Waals surface area contributed by atoms with Crippen molar-refractivity contribution in [2.24, 2.45) is 5.92 Å². The molecule has 1 aliphatic heterocycles. The van der Waals surface area contributed by atoms with E-state index in [1.54, 1.807) is 0 Å². The number of hydrogen-bond acceptors (Lipinski definition) is 2. The molecule has 0 saturated carbocycles. The highest BCUT2D eigenvalue weighted by molar-refractivity contribution is 5.73. The molecule has 0 aromatic carbocycles. The summed E-state index contributed by atoms with van der Waals surface area (Å²) in [5.41, 5.74) is -0.147. The van der Waals surface area contributed by atoms with Gasteiger partial charge in [0, 0.05) is 12.1 Å². The number of nitrogens with zero attached hydrogens (tertiary/aromatic N) is 1. The summed E-state index contributed by atoms with van der Waals surface area (Å²) < 4.78 is 0. The molecule has 1 atom stereocenters. The normalized spacial score (nSPS) is 31.3. The fraction of sp³-hybridized carbons (Fsp3) is 0.857. The van der Waals surface area contributed by atoms with Crippen molar-refractivity contribution in [3.8, 4) is 0 Å². The first-order chi connectivity index (χ1) is 4.46. The highest BCUT2D eigenvalue weighted by atomic mass is 16.4. The zero-order valence-electron chi connectivity index (χ0n) is 6.59. The highest BCUT2D eigenvalue weighted by Crippen LogP contribution is 2.33. The van der Waals surface area contributed by atoms with Gasteiger partial charge in [-0.15, -0.1) is 0 Å². The van der Waals surface area contributed by atoms with E-state index >= 15 is 0 Å². The molecule has 0 amide bonds. The Balaban J connectivity index is 2.63. The Bertz CT molecular complexity index is 165. The number of carboxylic acids is 1. The van der Waals surface area contributed by atoms with Gasteiger partial charge in [-0.3, -0.25) is 9.69 Å². The Morgan fingerprint density at radius 2 is 2.20 bits per heavy atom. The zero-order valence-corrected chi connectivity index (χ0v) is 6.59. The largest absolute Gasteiger partial charge is 0.481 e. The average molecular weight is 143 g/mol. The summed E-state index contributed by atoms with van der Waals surface area (Å²) in [4.78, 5) is 12.6. The number of likely N-dealkylation sites (tertiary alicyclic amines) is 1. The van der Waals surface area contributed by atoms with Crippen molar-refractivity contribution in [3.63, 3.8) is 0 Å². The summed E-state index contributed by atoms with van der Waals surface area (Å²) in [7, 11) is 1.94. The summed E-state index contributed by atoms with van der Waals surface area (Å²) in [6.45, 7) is 4.59. The molecule has 0 aliphatic carbocycles. The van der Waals surface area contributed by atoms with Crippen LogP contribution in [0.4, 0.5) is 0 Å². The van der Waals surface area contributed by atoms with Gasteiger partial charge in [0.05, 0.1) is 5.92 Å². The molecule has 1 fully saturated rings. The third-order valence-electron chi connectivity index (χ3n) is 2.59. The molecule has 0 bridgehead atoms. The van der Waals surface area contributed by atoms with Crippen LogP contribution in [0.1, 0.15) is 13.8 Å². The monoisotopic (exact) mass is 143 g/mol. The second-order valence-electron chi connectivity index (χ2n) is 3.43. The lowest BCUT2D eigenvalue weighted by Crippen LogP contribution is -2.64. The van der Waals surface area contributed by atoms with E-state index in [0.29, 0.717) is 6.54 Å². The number of aliphatic carboxylic acids is 1. The Labute approximate surface area is 60.6 Å². The van der Waals surface area contributed by atoms with E-state index in [4.69, 9.17) is 5.11 Å². The van der Waals surface area contributed by atoms with Gasteiger partial charge in [0.15, 0.2) is 0 Å². The van der Waals surface area contributed by atoms with Crippen LogP contribution in [-0.2, 0) is 4.79 Å². The topological polar surface area (TPSA) is 40.5 Å². The molecule has 58 valence electrons. The van der Waals surface area contributed by atoms with Crippen molar-refractivity contribution in [2.45, 2.75) is 19.4 Å². The molecule has 1 saturated heterocycles. The van der Waals surface area contributed by atoms with Crippen molar-refractivity contribution in [2.75, 3.05) is 13.6 Å². The standard InChI is InChI=1S/C7H13NO2/c1-7(2)5(6(9)10)4-8(7)3/h5H,4H2,1-3H3,(H,9,10)/t5-/m1/s1. The van der Waals surface area contributed by atoms with Gasteiger partial charge >= 0.3 is 5.97 Å². The van der Waals surface area contributed by atoms with Gasteiger partial charge in [0.25, 0.3) is 0 Å². The maximum absolute atomic E-state index is 10.5. The molecule has 0 spiro atoms. The fourth-order valence-corrected chi connectivity index (χ4v) is 1.27. The maximum atomic E-state index is 10.5. The molecular weight excluding hydrogens is 130 g/mol. The lowest BCUT2D eigenvalue weighted by molar-refractivity contribution is -0.158. The predicted molar refractivity (Wildman–Crippen MR) is 37.8 cm³/mol. The summed E-state index contributed by atoms with van der Waals surface area (Å²) in [5.74, 6) is -0.861. The molecular formula is C7H13NO2. The summed E-state index contributed by atoms with van der Waals surface area (Å²) >= 11 is 0. The lowest BCUT2D eigenvalue weighted by Gasteiger charge is -2.51. The highest BCUT2D eigenvalue weighted by Gasteiger charge is 2.48. The Hall–Kier alpha value is -0.570. The molecule has 3 nitrogen and oxygen atoms in total. The molecule has 0 unspecified atom stereocenters. The minimum absolute atomic E-state index is 0.147. The van der Waals surface area contributed by atoms with Gasteiger partial charge in [0.1, 0.15) is 0 Å². The average Bonchev–Trinajstić information content (AvgIpc) is 1.82. The minimum atomic E-state index is -0.678. The molecule has 0 radical (unpaired) electrons. The predicted octanol–water partition coefficient (Wildman–Crippen LogP) is 0.411. The van der Waals surface area contributed by atoms with Crippen LogP contribution in [-0.4, -0.2) is 35.1 Å². The molecule has 3 heteroatoms. The molecule has 1 heterocycles.